The van der Waals surface area contributed by atoms with E-state index in [9.17, 15) is 14.4 Å². The minimum Gasteiger partial charge on any atom is -0.436 e. The van der Waals surface area contributed by atoms with Crippen molar-refractivity contribution in [1.82, 2.24) is 4.90 Å². The van der Waals surface area contributed by atoms with Gasteiger partial charge in [-0.3, -0.25) is 14.4 Å². The monoisotopic (exact) mass is 285 g/mol. The first-order valence-electron chi connectivity index (χ1n) is 4.02. The van der Waals surface area contributed by atoms with Crippen molar-refractivity contribution < 1.29 is 19.1 Å². The first-order valence-corrected chi connectivity index (χ1v) is 5.16. The van der Waals surface area contributed by atoms with E-state index in [1.165, 1.54) is 0 Å². The number of nitrogens with zero attached hydrogens (tertiary/aromatic N) is 1. The summed E-state index contributed by atoms with van der Waals surface area (Å²) < 4.78 is 2.54. The van der Waals surface area contributed by atoms with Gasteiger partial charge in [-0.25, -0.2) is 4.90 Å². The van der Waals surface area contributed by atoms with Crippen LogP contribution in [0, 0.1) is 0 Å². The summed E-state index contributed by atoms with van der Waals surface area (Å²) in [5.41, 5.74) is 0. The van der Waals surface area contributed by atoms with Gasteiger partial charge in [0, 0.05) is 19.1 Å². The van der Waals surface area contributed by atoms with Crippen molar-refractivity contribution in [2.24, 2.45) is 0 Å². The summed E-state index contributed by atoms with van der Waals surface area (Å²) in [6, 6.07) is 0. The quantitative estimate of drug-likeness (QED) is 0.434. The Morgan fingerprint density at radius 3 is 2.06 bits per heavy atom. The van der Waals surface area contributed by atoms with Crippen LogP contribution in [0.4, 0.5) is 0 Å². The van der Waals surface area contributed by atoms with E-state index >= 15 is 0 Å². The van der Waals surface area contributed by atoms with Crippen LogP contribution < -0.4 is 0 Å². The van der Waals surface area contributed by atoms with Crippen LogP contribution >= 0.6 is 34.8 Å². The Morgan fingerprint density at radius 1 is 1.31 bits per heavy atom. The van der Waals surface area contributed by atoms with Crippen LogP contribution in [0.5, 0.6) is 0 Å². The van der Waals surface area contributed by atoms with Crippen LogP contribution in [0.3, 0.4) is 0 Å². The Labute approximate surface area is 106 Å². The van der Waals surface area contributed by atoms with Gasteiger partial charge < -0.3 is 4.74 Å². The predicted octanol–water partition coefficient (Wildman–Crippen LogP) is 1.17. The van der Waals surface area contributed by atoms with Gasteiger partial charge in [0.05, 0.1) is 0 Å². The molecule has 0 bridgehead atoms. The zero-order chi connectivity index (χ0) is 12.5. The van der Waals surface area contributed by atoms with Crippen molar-refractivity contribution in [3.63, 3.8) is 0 Å². The molecular weight excluding hydrogens is 280 g/mol. The number of halogens is 3. The van der Waals surface area contributed by atoms with E-state index in [0.717, 1.165) is 19.1 Å². The number of amides is 2. The lowest BCUT2D eigenvalue weighted by Crippen LogP contribution is -2.49. The van der Waals surface area contributed by atoms with E-state index in [2.05, 4.69) is 4.74 Å². The number of rotatable bonds is 2. The van der Waals surface area contributed by atoms with Crippen molar-refractivity contribution in [1.29, 1.82) is 0 Å². The molecule has 5 nitrogen and oxygen atoms in total. The maximum absolute atomic E-state index is 11.3. The molecule has 88 valence electrons. The molecule has 0 radical (unpaired) electrons. The third-order valence-corrected chi connectivity index (χ3v) is 2.20. The lowest BCUT2D eigenvalue weighted by molar-refractivity contribution is -0.164. The highest BCUT2D eigenvalue weighted by molar-refractivity contribution is 6.68. The number of hydrogen-bond donors (Lipinski definition) is 0. The molecule has 1 aliphatic rings. The summed E-state index contributed by atoms with van der Waals surface area (Å²) in [6.45, 7) is 1.07. The first-order chi connectivity index (χ1) is 7.23. The fourth-order valence-corrected chi connectivity index (χ4v) is 1.49. The van der Waals surface area contributed by atoms with Crippen LogP contribution in [0.15, 0.2) is 12.2 Å². The molecule has 0 saturated carbocycles. The highest BCUT2D eigenvalue weighted by Gasteiger charge is 2.46. The molecule has 0 spiro atoms. The SMILES string of the molecule is CC(=O)OC(N1C(=O)C=CC1=O)C(Cl)(Cl)Cl. The van der Waals surface area contributed by atoms with E-state index in [1.54, 1.807) is 0 Å². The second-order valence-corrected chi connectivity index (χ2v) is 5.25. The Morgan fingerprint density at radius 2 is 1.75 bits per heavy atom. The molecular formula is C8H6Cl3NO4. The third kappa shape index (κ3) is 2.87. The maximum atomic E-state index is 11.3. The molecule has 1 heterocycles. The van der Waals surface area contributed by atoms with Gasteiger partial charge in [-0.2, -0.15) is 0 Å². The van der Waals surface area contributed by atoms with E-state index in [-0.39, 0.29) is 0 Å². The number of ether oxygens (including phenoxy) is 1. The van der Waals surface area contributed by atoms with Gasteiger partial charge in [-0.15, -0.1) is 0 Å². The van der Waals surface area contributed by atoms with Crippen molar-refractivity contribution in [3.05, 3.63) is 12.2 Å². The molecule has 1 atom stereocenters. The third-order valence-electron chi connectivity index (χ3n) is 1.64. The summed E-state index contributed by atoms with van der Waals surface area (Å²) in [5.74, 6) is -2.19. The topological polar surface area (TPSA) is 63.7 Å². The van der Waals surface area contributed by atoms with Gasteiger partial charge in [0.25, 0.3) is 11.8 Å². The van der Waals surface area contributed by atoms with Crippen LogP contribution in [0.25, 0.3) is 0 Å². The molecule has 0 fully saturated rings. The molecule has 1 aliphatic heterocycles. The zero-order valence-electron chi connectivity index (χ0n) is 7.95. The largest absolute Gasteiger partial charge is 0.436 e. The molecule has 2 amide bonds. The number of esters is 1. The molecule has 0 aromatic heterocycles. The molecule has 8 heteroatoms. The van der Waals surface area contributed by atoms with Gasteiger partial charge in [-0.05, 0) is 0 Å². The number of carbonyl (C=O) groups is 3. The summed E-state index contributed by atoms with van der Waals surface area (Å²) in [5, 5.41) is 0. The summed E-state index contributed by atoms with van der Waals surface area (Å²) in [7, 11) is 0. The summed E-state index contributed by atoms with van der Waals surface area (Å²) in [6.07, 6.45) is 0.412. The fraction of sp³-hybridized carbons (Fsp3) is 0.375. The van der Waals surface area contributed by atoms with Crippen molar-refractivity contribution in [3.8, 4) is 0 Å². The maximum Gasteiger partial charge on any atom is 0.304 e. The van der Waals surface area contributed by atoms with Gasteiger partial charge in [0.1, 0.15) is 0 Å². The van der Waals surface area contributed by atoms with Crippen molar-refractivity contribution >= 4 is 52.6 Å². The molecule has 0 saturated heterocycles. The van der Waals surface area contributed by atoms with E-state index in [0.29, 0.717) is 4.90 Å². The second-order valence-electron chi connectivity index (χ2n) is 2.88. The fourth-order valence-electron chi connectivity index (χ4n) is 1.07. The highest BCUT2D eigenvalue weighted by Crippen LogP contribution is 2.35. The standard InChI is InChI=1S/C8H6Cl3NO4/c1-4(13)16-7(8(9,10)11)12-5(14)2-3-6(12)15/h2-3,7H,1H3. The number of hydrogen-bond acceptors (Lipinski definition) is 4. The lowest BCUT2D eigenvalue weighted by Gasteiger charge is -2.30. The van der Waals surface area contributed by atoms with E-state index in [1.807, 2.05) is 0 Å². The minimum atomic E-state index is -2.11. The van der Waals surface area contributed by atoms with E-state index in [4.69, 9.17) is 34.8 Å². The summed E-state index contributed by atoms with van der Waals surface area (Å²) >= 11 is 16.6. The normalized spacial score (nSPS) is 17.9. The van der Waals surface area contributed by atoms with Crippen LogP contribution in [0.2, 0.25) is 0 Å². The van der Waals surface area contributed by atoms with Gasteiger partial charge in [0.2, 0.25) is 10.0 Å². The highest BCUT2D eigenvalue weighted by atomic mass is 35.6. The van der Waals surface area contributed by atoms with Crippen LogP contribution in [-0.4, -0.2) is 32.7 Å². The molecule has 0 aromatic rings. The molecule has 0 aromatic carbocycles. The summed E-state index contributed by atoms with van der Waals surface area (Å²) in [4.78, 5) is 34.0. The molecule has 0 aliphatic carbocycles. The predicted molar refractivity (Wildman–Crippen MR) is 56.8 cm³/mol. The smallest absolute Gasteiger partial charge is 0.304 e. The second kappa shape index (κ2) is 4.61. The molecule has 1 rings (SSSR count). The zero-order valence-corrected chi connectivity index (χ0v) is 10.2. The van der Waals surface area contributed by atoms with Gasteiger partial charge in [0.15, 0.2) is 0 Å². The van der Waals surface area contributed by atoms with Crippen molar-refractivity contribution in [2.45, 2.75) is 16.9 Å². The Balaban J connectivity index is 2.98. The van der Waals surface area contributed by atoms with Gasteiger partial charge >= 0.3 is 5.97 Å². The van der Waals surface area contributed by atoms with Crippen LogP contribution in [0.1, 0.15) is 6.92 Å². The number of imide groups is 1. The molecule has 16 heavy (non-hydrogen) atoms. The van der Waals surface area contributed by atoms with Gasteiger partial charge in [-0.1, -0.05) is 34.8 Å². The first kappa shape index (κ1) is 13.3. The molecule has 1 unspecified atom stereocenters. The Bertz CT molecular complexity index is 356. The van der Waals surface area contributed by atoms with Crippen LogP contribution in [-0.2, 0) is 19.1 Å². The molecule has 0 N–H and O–H groups in total. The number of carbonyl (C=O) groups excluding carboxylic acids is 3. The lowest BCUT2D eigenvalue weighted by atomic mass is 10.5. The van der Waals surface area contributed by atoms with Crippen molar-refractivity contribution in [2.75, 3.05) is 0 Å². The Kier molecular flexibility index (Phi) is 3.83. The number of alkyl halides is 3. The Hall–Kier alpha value is -0.780. The van der Waals surface area contributed by atoms with E-state index < -0.39 is 27.8 Å². The average Bonchev–Trinajstić information content (AvgIpc) is 2.41. The minimum absolute atomic E-state index is 0.564. The average molecular weight is 286 g/mol.